The zero-order valence-electron chi connectivity index (χ0n) is 11.4. The van der Waals surface area contributed by atoms with Gasteiger partial charge in [-0.15, -0.1) is 0 Å². The molecule has 21 heavy (non-hydrogen) atoms. The topological polar surface area (TPSA) is 88.5 Å². The number of ketones is 1. The highest BCUT2D eigenvalue weighted by Crippen LogP contribution is 2.15. The first-order valence-electron chi connectivity index (χ1n) is 6.20. The van der Waals surface area contributed by atoms with E-state index in [1.807, 2.05) is 0 Å². The Balaban J connectivity index is 1.97. The molecule has 2 aromatic rings. The van der Waals surface area contributed by atoms with Gasteiger partial charge in [0.05, 0.1) is 13.5 Å². The second-order valence-electron chi connectivity index (χ2n) is 4.28. The Bertz CT molecular complexity index is 653. The van der Waals surface area contributed by atoms with E-state index in [9.17, 15) is 9.59 Å². The number of Topliss-reactive ketones (excluding diaryl/α,β-unsaturated/α-hetero) is 1. The van der Waals surface area contributed by atoms with E-state index in [2.05, 4.69) is 10.3 Å². The number of pyridine rings is 1. The monoisotopic (exact) mass is 286 g/mol. The smallest absolute Gasteiger partial charge is 0.233 e. The van der Waals surface area contributed by atoms with E-state index in [-0.39, 0.29) is 18.0 Å². The van der Waals surface area contributed by atoms with Crippen molar-refractivity contribution in [2.45, 2.75) is 6.42 Å². The number of rotatable bonds is 5. The Morgan fingerprint density at radius 1 is 1.24 bits per heavy atom. The third-order valence-corrected chi connectivity index (χ3v) is 2.74. The quantitative estimate of drug-likeness (QED) is 0.648. The summed E-state index contributed by atoms with van der Waals surface area (Å²) in [7, 11) is 1.51. The van der Waals surface area contributed by atoms with Crippen LogP contribution < -0.4 is 10.1 Å². The molecule has 0 aliphatic carbocycles. The Labute approximate surface area is 121 Å². The van der Waals surface area contributed by atoms with Gasteiger partial charge in [0, 0.05) is 17.8 Å². The SMILES string of the molecule is COc1ccnc(NC(=O)CC(=O)c2ccc(O)cc2)c1. The van der Waals surface area contributed by atoms with E-state index in [1.54, 1.807) is 12.1 Å². The van der Waals surface area contributed by atoms with Gasteiger partial charge in [-0.25, -0.2) is 4.98 Å². The van der Waals surface area contributed by atoms with Gasteiger partial charge < -0.3 is 15.2 Å². The number of phenols is 1. The van der Waals surface area contributed by atoms with Crippen LogP contribution in [0, 0.1) is 0 Å². The second-order valence-corrected chi connectivity index (χ2v) is 4.28. The lowest BCUT2D eigenvalue weighted by Gasteiger charge is -2.06. The number of nitrogens with zero attached hydrogens (tertiary/aromatic N) is 1. The molecule has 0 saturated carbocycles. The molecule has 0 atom stereocenters. The number of amides is 1. The number of aromatic nitrogens is 1. The van der Waals surface area contributed by atoms with Crippen molar-refractivity contribution in [3.05, 3.63) is 48.2 Å². The van der Waals surface area contributed by atoms with E-state index >= 15 is 0 Å². The number of methoxy groups -OCH3 is 1. The van der Waals surface area contributed by atoms with E-state index < -0.39 is 5.91 Å². The summed E-state index contributed by atoms with van der Waals surface area (Å²) in [5.74, 6) is 0.142. The van der Waals surface area contributed by atoms with Crippen LogP contribution in [0.1, 0.15) is 16.8 Å². The third-order valence-electron chi connectivity index (χ3n) is 2.74. The number of hydrogen-bond donors (Lipinski definition) is 2. The minimum absolute atomic E-state index is 0.0663. The maximum atomic E-state index is 11.9. The highest BCUT2D eigenvalue weighted by Gasteiger charge is 2.12. The molecule has 2 N–H and O–H groups in total. The number of hydrogen-bond acceptors (Lipinski definition) is 5. The summed E-state index contributed by atoms with van der Waals surface area (Å²) in [6, 6.07) is 8.94. The zero-order chi connectivity index (χ0) is 15.2. The minimum Gasteiger partial charge on any atom is -0.508 e. The molecule has 0 aliphatic rings. The van der Waals surface area contributed by atoms with Crippen molar-refractivity contribution in [3.8, 4) is 11.5 Å². The lowest BCUT2D eigenvalue weighted by Crippen LogP contribution is -2.17. The molecule has 108 valence electrons. The first kappa shape index (κ1) is 14.5. The van der Waals surface area contributed by atoms with Crippen molar-refractivity contribution < 1.29 is 19.4 Å². The van der Waals surface area contributed by atoms with Crippen molar-refractivity contribution in [1.29, 1.82) is 0 Å². The van der Waals surface area contributed by atoms with Crippen molar-refractivity contribution in [1.82, 2.24) is 4.98 Å². The fraction of sp³-hybridized carbons (Fsp3) is 0.133. The van der Waals surface area contributed by atoms with Gasteiger partial charge in [0.2, 0.25) is 5.91 Å². The molecule has 6 nitrogen and oxygen atoms in total. The third kappa shape index (κ3) is 4.04. The molecule has 6 heteroatoms. The number of nitrogens with one attached hydrogen (secondary N) is 1. The van der Waals surface area contributed by atoms with Crippen LogP contribution >= 0.6 is 0 Å². The van der Waals surface area contributed by atoms with Crippen LogP contribution in [0.25, 0.3) is 0 Å². The number of aromatic hydroxyl groups is 1. The van der Waals surface area contributed by atoms with Gasteiger partial charge in [-0.05, 0) is 30.3 Å². The van der Waals surface area contributed by atoms with Gasteiger partial charge in [-0.3, -0.25) is 9.59 Å². The summed E-state index contributed by atoms with van der Waals surface area (Å²) in [4.78, 5) is 27.7. The van der Waals surface area contributed by atoms with Crippen molar-refractivity contribution in [3.63, 3.8) is 0 Å². The zero-order valence-corrected chi connectivity index (χ0v) is 11.4. The molecule has 1 aromatic carbocycles. The maximum absolute atomic E-state index is 11.9. The van der Waals surface area contributed by atoms with Gasteiger partial charge in [-0.1, -0.05) is 0 Å². The number of carbonyl (C=O) groups is 2. The van der Waals surface area contributed by atoms with Gasteiger partial charge in [0.25, 0.3) is 0 Å². The standard InChI is InChI=1S/C15H14N2O4/c1-21-12-6-7-16-14(8-12)17-15(20)9-13(19)10-2-4-11(18)5-3-10/h2-8,18H,9H2,1H3,(H,16,17,20). The number of anilines is 1. The molecule has 0 aliphatic heterocycles. The lowest BCUT2D eigenvalue weighted by atomic mass is 10.1. The lowest BCUT2D eigenvalue weighted by molar-refractivity contribution is -0.115. The van der Waals surface area contributed by atoms with Crippen LogP contribution in [-0.2, 0) is 4.79 Å². The summed E-state index contributed by atoms with van der Waals surface area (Å²) in [6.45, 7) is 0. The summed E-state index contributed by atoms with van der Waals surface area (Å²) in [5.41, 5.74) is 0.363. The second kappa shape index (κ2) is 6.51. The fourth-order valence-electron chi connectivity index (χ4n) is 1.69. The molecule has 1 aromatic heterocycles. The normalized spacial score (nSPS) is 9.95. The highest BCUT2D eigenvalue weighted by atomic mass is 16.5. The largest absolute Gasteiger partial charge is 0.508 e. The predicted octanol–water partition coefficient (Wildman–Crippen LogP) is 2.01. The average Bonchev–Trinajstić information content (AvgIpc) is 2.47. The molecule has 1 amide bonds. The van der Waals surface area contributed by atoms with E-state index in [4.69, 9.17) is 9.84 Å². The van der Waals surface area contributed by atoms with Crippen LogP contribution in [0.4, 0.5) is 5.82 Å². The highest BCUT2D eigenvalue weighted by molar-refractivity contribution is 6.10. The fourth-order valence-corrected chi connectivity index (χ4v) is 1.69. The molecule has 0 saturated heterocycles. The summed E-state index contributed by atoms with van der Waals surface area (Å²) in [5, 5.41) is 11.7. The molecular weight excluding hydrogens is 272 g/mol. The minimum atomic E-state index is -0.464. The van der Waals surface area contributed by atoms with E-state index in [0.717, 1.165) is 0 Å². The molecule has 0 fully saturated rings. The number of carbonyl (C=O) groups excluding carboxylic acids is 2. The van der Waals surface area contributed by atoms with Gasteiger partial charge in [0.1, 0.15) is 17.3 Å². The molecule has 1 heterocycles. The number of phenolic OH excluding ortho intramolecular Hbond substituents is 1. The molecule has 0 radical (unpaired) electrons. The van der Waals surface area contributed by atoms with Gasteiger partial charge in [0.15, 0.2) is 5.78 Å². The Morgan fingerprint density at radius 3 is 2.62 bits per heavy atom. The van der Waals surface area contributed by atoms with E-state index in [0.29, 0.717) is 17.1 Å². The molecular formula is C15H14N2O4. The number of ether oxygens (including phenoxy) is 1. The maximum Gasteiger partial charge on any atom is 0.233 e. The predicted molar refractivity (Wildman–Crippen MR) is 76.5 cm³/mol. The van der Waals surface area contributed by atoms with Crippen LogP contribution in [0.3, 0.4) is 0 Å². The van der Waals surface area contributed by atoms with Gasteiger partial charge >= 0.3 is 0 Å². The summed E-state index contributed by atoms with van der Waals surface area (Å²) >= 11 is 0. The molecule has 2 rings (SSSR count). The van der Waals surface area contributed by atoms with Crippen LogP contribution in [0.5, 0.6) is 11.5 Å². The van der Waals surface area contributed by atoms with Crippen molar-refractivity contribution in [2.75, 3.05) is 12.4 Å². The molecule has 0 spiro atoms. The Kier molecular flexibility index (Phi) is 4.50. The number of benzene rings is 1. The van der Waals surface area contributed by atoms with Crippen LogP contribution in [-0.4, -0.2) is 28.9 Å². The Morgan fingerprint density at radius 2 is 1.95 bits per heavy atom. The van der Waals surface area contributed by atoms with Crippen LogP contribution in [0.15, 0.2) is 42.6 Å². The Hall–Kier alpha value is -2.89. The summed E-state index contributed by atoms with van der Waals surface area (Å²) in [6.07, 6.45) is 1.19. The molecule has 0 unspecified atom stereocenters. The molecule has 0 bridgehead atoms. The van der Waals surface area contributed by atoms with Crippen molar-refractivity contribution in [2.24, 2.45) is 0 Å². The van der Waals surface area contributed by atoms with Crippen molar-refractivity contribution >= 4 is 17.5 Å². The first-order chi connectivity index (χ1) is 10.1. The van der Waals surface area contributed by atoms with Gasteiger partial charge in [-0.2, -0.15) is 0 Å². The summed E-state index contributed by atoms with van der Waals surface area (Å²) < 4.78 is 5.02. The first-order valence-corrected chi connectivity index (χ1v) is 6.20. The van der Waals surface area contributed by atoms with E-state index in [1.165, 1.54) is 37.6 Å². The van der Waals surface area contributed by atoms with Crippen LogP contribution in [0.2, 0.25) is 0 Å². The average molecular weight is 286 g/mol.